The Morgan fingerprint density at radius 3 is 2.88 bits per heavy atom. The van der Waals surface area contributed by atoms with Gasteiger partial charge in [0.05, 0.1) is 11.4 Å². The quantitative estimate of drug-likeness (QED) is 0.889. The second kappa shape index (κ2) is 7.63. The predicted octanol–water partition coefficient (Wildman–Crippen LogP) is 1.51. The largest absolute Gasteiger partial charge is 0.382 e. The van der Waals surface area contributed by atoms with Gasteiger partial charge in [-0.05, 0) is 44.1 Å². The van der Waals surface area contributed by atoms with Crippen LogP contribution in [0.1, 0.15) is 36.2 Å². The lowest BCUT2D eigenvalue weighted by Crippen LogP contribution is -2.40. The van der Waals surface area contributed by atoms with Crippen LogP contribution in [0.4, 0.5) is 5.82 Å². The molecule has 1 atom stereocenters. The first-order valence-corrected chi connectivity index (χ1v) is 8.85. The van der Waals surface area contributed by atoms with E-state index in [9.17, 15) is 4.79 Å². The van der Waals surface area contributed by atoms with Gasteiger partial charge < -0.3 is 10.6 Å². The minimum atomic E-state index is 0.222. The summed E-state index contributed by atoms with van der Waals surface area (Å²) >= 11 is 0. The smallest absolute Gasteiger partial charge is 0.222 e. The molecule has 3 heterocycles. The van der Waals surface area contributed by atoms with E-state index in [-0.39, 0.29) is 5.91 Å². The number of piperidine rings is 1. The molecule has 0 aliphatic carbocycles. The van der Waals surface area contributed by atoms with Crippen LogP contribution < -0.4 is 5.73 Å². The van der Waals surface area contributed by atoms with Gasteiger partial charge in [-0.25, -0.2) is 4.98 Å². The van der Waals surface area contributed by atoms with Crippen molar-refractivity contribution >= 4 is 11.7 Å². The topological polar surface area (TPSA) is 89.9 Å². The second-order valence-electron chi connectivity index (χ2n) is 6.85. The van der Waals surface area contributed by atoms with Gasteiger partial charge in [-0.15, -0.1) is 0 Å². The van der Waals surface area contributed by atoms with E-state index in [0.717, 1.165) is 55.7 Å². The number of anilines is 1. The first-order chi connectivity index (χ1) is 12.0. The lowest BCUT2D eigenvalue weighted by atomic mass is 9.93. The molecule has 0 radical (unpaired) electrons. The molecule has 1 amide bonds. The van der Waals surface area contributed by atoms with Crippen molar-refractivity contribution in [3.8, 4) is 0 Å². The molecule has 0 unspecified atom stereocenters. The zero-order valence-corrected chi connectivity index (χ0v) is 15.0. The second-order valence-corrected chi connectivity index (χ2v) is 6.85. The number of nitrogens with two attached hydrogens (primary N) is 1. The molecule has 1 saturated heterocycles. The van der Waals surface area contributed by atoms with Crippen LogP contribution in [-0.2, 0) is 24.7 Å². The van der Waals surface area contributed by atoms with E-state index in [1.807, 2.05) is 25.1 Å². The summed E-state index contributed by atoms with van der Waals surface area (Å²) in [5.74, 6) is 1.12. The number of amides is 1. The average Bonchev–Trinajstić information content (AvgIpc) is 2.92. The van der Waals surface area contributed by atoms with Gasteiger partial charge in [-0.1, -0.05) is 0 Å². The zero-order valence-electron chi connectivity index (χ0n) is 15.0. The first-order valence-electron chi connectivity index (χ1n) is 8.85. The monoisotopic (exact) mass is 342 g/mol. The molecule has 0 aromatic carbocycles. The van der Waals surface area contributed by atoms with Crippen molar-refractivity contribution < 1.29 is 4.79 Å². The summed E-state index contributed by atoms with van der Waals surface area (Å²) in [7, 11) is 1.91. The summed E-state index contributed by atoms with van der Waals surface area (Å²) in [5.41, 5.74) is 8.89. The Kier molecular flexibility index (Phi) is 5.31. The number of aryl methyl sites for hydroxylation is 3. The van der Waals surface area contributed by atoms with Gasteiger partial charge in [-0.3, -0.25) is 14.5 Å². The number of aromatic nitrogens is 4. The van der Waals surface area contributed by atoms with Crippen molar-refractivity contribution in [1.82, 2.24) is 24.6 Å². The predicted molar refractivity (Wildman–Crippen MR) is 95.7 cm³/mol. The highest BCUT2D eigenvalue weighted by Gasteiger charge is 2.24. The number of nitrogen functional groups attached to an aromatic ring is 1. The van der Waals surface area contributed by atoms with Gasteiger partial charge in [0.2, 0.25) is 5.91 Å². The molecule has 7 nitrogen and oxygen atoms in total. The van der Waals surface area contributed by atoms with Crippen molar-refractivity contribution in [2.45, 2.75) is 39.0 Å². The summed E-state index contributed by atoms with van der Waals surface area (Å²) in [6.07, 6.45) is 9.47. The maximum atomic E-state index is 12.6. The normalized spacial score (nSPS) is 17.7. The Morgan fingerprint density at radius 2 is 2.16 bits per heavy atom. The number of likely N-dealkylation sites (tertiary alicyclic amines) is 1. The average molecular weight is 342 g/mol. The first kappa shape index (κ1) is 17.4. The molecule has 1 fully saturated rings. The number of carbonyl (C=O) groups is 1. The van der Waals surface area contributed by atoms with E-state index in [2.05, 4.69) is 15.1 Å². The third kappa shape index (κ3) is 4.35. The van der Waals surface area contributed by atoms with Crippen LogP contribution in [-0.4, -0.2) is 43.6 Å². The summed E-state index contributed by atoms with van der Waals surface area (Å²) in [6, 6.07) is 0. The van der Waals surface area contributed by atoms with Gasteiger partial charge in [0.1, 0.15) is 5.82 Å². The van der Waals surface area contributed by atoms with Crippen molar-refractivity contribution in [3.63, 3.8) is 0 Å². The molecule has 0 spiro atoms. The SMILES string of the molecule is Cc1nn(C)cc1CCC(=O)N1CCC[C@H](Cc2nccnc2N)C1. The van der Waals surface area contributed by atoms with E-state index in [1.54, 1.807) is 17.1 Å². The number of nitrogens with zero attached hydrogens (tertiary/aromatic N) is 5. The highest BCUT2D eigenvalue weighted by molar-refractivity contribution is 5.76. The molecular formula is C18H26N6O. The van der Waals surface area contributed by atoms with Crippen molar-refractivity contribution in [1.29, 1.82) is 0 Å². The number of rotatable bonds is 5. The molecule has 134 valence electrons. The Labute approximate surface area is 148 Å². The molecule has 2 aromatic rings. The van der Waals surface area contributed by atoms with Crippen LogP contribution in [0.3, 0.4) is 0 Å². The molecule has 0 saturated carbocycles. The van der Waals surface area contributed by atoms with Crippen LogP contribution >= 0.6 is 0 Å². The van der Waals surface area contributed by atoms with E-state index < -0.39 is 0 Å². The molecule has 7 heteroatoms. The van der Waals surface area contributed by atoms with Crippen LogP contribution in [0.2, 0.25) is 0 Å². The fraction of sp³-hybridized carbons (Fsp3) is 0.556. The van der Waals surface area contributed by atoms with Gasteiger partial charge in [0.15, 0.2) is 0 Å². The van der Waals surface area contributed by atoms with E-state index >= 15 is 0 Å². The molecule has 1 aliphatic rings. The van der Waals surface area contributed by atoms with Gasteiger partial charge in [-0.2, -0.15) is 5.10 Å². The van der Waals surface area contributed by atoms with Crippen LogP contribution in [0.25, 0.3) is 0 Å². The summed E-state index contributed by atoms with van der Waals surface area (Å²) in [5, 5.41) is 4.34. The standard InChI is InChI=1S/C18H26N6O/c1-13-15(12-23(2)22-13)5-6-17(25)24-9-3-4-14(11-24)10-16-18(19)21-8-7-20-16/h7-8,12,14H,3-6,9-11H2,1-2H3,(H2,19,21)/t14-/m1/s1. The van der Waals surface area contributed by atoms with Gasteiger partial charge >= 0.3 is 0 Å². The number of hydrogen-bond acceptors (Lipinski definition) is 5. The Morgan fingerprint density at radius 1 is 1.36 bits per heavy atom. The lowest BCUT2D eigenvalue weighted by Gasteiger charge is -2.33. The van der Waals surface area contributed by atoms with Crippen LogP contribution in [0.5, 0.6) is 0 Å². The molecule has 0 bridgehead atoms. The molecule has 1 aliphatic heterocycles. The van der Waals surface area contributed by atoms with Crippen molar-refractivity contribution in [2.75, 3.05) is 18.8 Å². The minimum Gasteiger partial charge on any atom is -0.382 e. The number of carbonyl (C=O) groups excluding carboxylic acids is 1. The van der Waals surface area contributed by atoms with Crippen LogP contribution in [0, 0.1) is 12.8 Å². The lowest BCUT2D eigenvalue weighted by molar-refractivity contribution is -0.132. The van der Waals surface area contributed by atoms with Gasteiger partial charge in [0.25, 0.3) is 0 Å². The molecule has 2 aromatic heterocycles. The summed E-state index contributed by atoms with van der Waals surface area (Å²) in [4.78, 5) is 23.0. The third-order valence-electron chi connectivity index (χ3n) is 4.88. The fourth-order valence-electron chi connectivity index (χ4n) is 3.56. The third-order valence-corrected chi connectivity index (χ3v) is 4.88. The summed E-state index contributed by atoms with van der Waals surface area (Å²) < 4.78 is 1.80. The molecule has 25 heavy (non-hydrogen) atoms. The molecule has 3 rings (SSSR count). The van der Waals surface area contributed by atoms with Crippen LogP contribution in [0.15, 0.2) is 18.6 Å². The Hall–Kier alpha value is -2.44. The Balaban J connectivity index is 1.54. The maximum absolute atomic E-state index is 12.6. The fourth-order valence-corrected chi connectivity index (χ4v) is 3.56. The minimum absolute atomic E-state index is 0.222. The maximum Gasteiger partial charge on any atom is 0.222 e. The van der Waals surface area contributed by atoms with E-state index in [4.69, 9.17) is 5.73 Å². The van der Waals surface area contributed by atoms with Crippen molar-refractivity contribution in [2.24, 2.45) is 13.0 Å². The molecule has 2 N–H and O–H groups in total. The highest BCUT2D eigenvalue weighted by atomic mass is 16.2. The molecular weight excluding hydrogens is 316 g/mol. The number of hydrogen-bond donors (Lipinski definition) is 1. The van der Waals surface area contributed by atoms with E-state index in [0.29, 0.717) is 18.2 Å². The van der Waals surface area contributed by atoms with Crippen molar-refractivity contribution in [3.05, 3.63) is 35.5 Å². The zero-order chi connectivity index (χ0) is 17.8. The van der Waals surface area contributed by atoms with E-state index in [1.165, 1.54) is 0 Å². The summed E-state index contributed by atoms with van der Waals surface area (Å²) in [6.45, 7) is 3.61. The van der Waals surface area contributed by atoms with Gasteiger partial charge in [0, 0.05) is 45.1 Å². The highest BCUT2D eigenvalue weighted by Crippen LogP contribution is 2.22. The Bertz CT molecular complexity index is 741.